The highest BCUT2D eigenvalue weighted by molar-refractivity contribution is 6.06. The highest BCUT2D eigenvalue weighted by atomic mass is 19.1. The number of nitrogens with one attached hydrogen (secondary N) is 3. The van der Waals surface area contributed by atoms with Crippen LogP contribution in [0, 0.1) is 5.82 Å². The zero-order chi connectivity index (χ0) is 33.2. The van der Waals surface area contributed by atoms with Gasteiger partial charge >= 0.3 is 18.2 Å². The average molecular weight is 638 g/mol. The van der Waals surface area contributed by atoms with Crippen LogP contribution in [-0.4, -0.2) is 71.1 Å². The molecule has 1 saturated carbocycles. The van der Waals surface area contributed by atoms with Crippen molar-refractivity contribution in [3.05, 3.63) is 65.0 Å². The smallest absolute Gasteiger partial charge is 0.418 e. The van der Waals surface area contributed by atoms with Crippen molar-refractivity contribution in [1.29, 1.82) is 0 Å². The number of halogens is 1. The monoisotopic (exact) mass is 637 g/mol. The quantitative estimate of drug-likeness (QED) is 0.403. The van der Waals surface area contributed by atoms with Crippen LogP contribution >= 0.6 is 0 Å². The Balaban J connectivity index is 1.30. The third kappa shape index (κ3) is 7.08. The van der Waals surface area contributed by atoms with Gasteiger partial charge in [0.15, 0.2) is 0 Å². The zero-order valence-corrected chi connectivity index (χ0v) is 26.5. The predicted molar refractivity (Wildman–Crippen MR) is 165 cm³/mol. The number of hydrogen-bond acceptors (Lipinski definition) is 7. The lowest BCUT2D eigenvalue weighted by molar-refractivity contribution is -0.143. The number of fused-ring (bicyclic) bond motifs is 2. The van der Waals surface area contributed by atoms with E-state index in [1.165, 1.54) is 19.2 Å². The molecule has 2 aliphatic carbocycles. The second-order valence-corrected chi connectivity index (χ2v) is 13.0. The van der Waals surface area contributed by atoms with E-state index in [-0.39, 0.29) is 25.0 Å². The molecule has 0 unspecified atom stereocenters. The molecule has 1 heterocycles. The number of carbonyl (C=O) groups is 5. The van der Waals surface area contributed by atoms with Crippen molar-refractivity contribution in [1.82, 2.24) is 20.4 Å². The first-order valence-corrected chi connectivity index (χ1v) is 15.5. The van der Waals surface area contributed by atoms with Crippen LogP contribution in [0.2, 0.25) is 0 Å². The van der Waals surface area contributed by atoms with Gasteiger partial charge in [0.25, 0.3) is 5.91 Å². The summed E-state index contributed by atoms with van der Waals surface area (Å²) in [5.74, 6) is -1.46. The van der Waals surface area contributed by atoms with Gasteiger partial charge < -0.3 is 30.3 Å². The number of rotatable bonds is 7. The molecule has 0 radical (unpaired) electrons. The van der Waals surface area contributed by atoms with Crippen LogP contribution < -0.4 is 16.0 Å². The largest absolute Gasteiger partial charge is 0.444 e. The Morgan fingerprint density at radius 3 is 2.41 bits per heavy atom. The SMILES string of the molecule is CNC(=O)Nc1ccc2c(c1)CC[C@@]21OC(=O)N(CC(=O)N(Cc2ccc(F)cc2)C2CCC(NC(=O)OC(C)(C)C)CC2)C1=O. The second kappa shape index (κ2) is 13.0. The Labute approximate surface area is 267 Å². The first-order valence-electron chi connectivity index (χ1n) is 15.5. The number of carbonyl (C=O) groups excluding carboxylic acids is 5. The number of benzene rings is 2. The first kappa shape index (κ1) is 32.7. The Kier molecular flexibility index (Phi) is 9.22. The molecule has 0 bridgehead atoms. The number of amides is 6. The minimum absolute atomic E-state index is 0.127. The van der Waals surface area contributed by atoms with Crippen molar-refractivity contribution in [3.63, 3.8) is 0 Å². The van der Waals surface area contributed by atoms with Gasteiger partial charge in [-0.3, -0.25) is 9.59 Å². The molecular weight excluding hydrogens is 597 g/mol. The highest BCUT2D eigenvalue weighted by Crippen LogP contribution is 2.46. The molecule has 3 N–H and O–H groups in total. The number of hydrogen-bond donors (Lipinski definition) is 3. The summed E-state index contributed by atoms with van der Waals surface area (Å²) in [6.45, 7) is 5.02. The Morgan fingerprint density at radius 2 is 1.76 bits per heavy atom. The van der Waals surface area contributed by atoms with Crippen LogP contribution in [0.3, 0.4) is 0 Å². The highest BCUT2D eigenvalue weighted by Gasteiger charge is 2.58. The maximum Gasteiger partial charge on any atom is 0.418 e. The molecule has 6 amide bonds. The minimum atomic E-state index is -1.54. The first-order chi connectivity index (χ1) is 21.8. The van der Waals surface area contributed by atoms with Gasteiger partial charge in [-0.15, -0.1) is 0 Å². The fourth-order valence-electron chi connectivity index (χ4n) is 6.36. The Hall–Kier alpha value is -4.68. The summed E-state index contributed by atoms with van der Waals surface area (Å²) in [4.78, 5) is 67.4. The minimum Gasteiger partial charge on any atom is -0.444 e. The maximum absolute atomic E-state index is 13.9. The summed E-state index contributed by atoms with van der Waals surface area (Å²) in [5, 5.41) is 8.07. The van der Waals surface area contributed by atoms with E-state index in [1.54, 1.807) is 56.0 Å². The summed E-state index contributed by atoms with van der Waals surface area (Å²) >= 11 is 0. The average Bonchev–Trinajstić information content (AvgIpc) is 3.47. The molecule has 2 aromatic carbocycles. The van der Waals surface area contributed by atoms with Crippen molar-refractivity contribution in [3.8, 4) is 0 Å². The topological polar surface area (TPSA) is 146 Å². The van der Waals surface area contributed by atoms with Gasteiger partial charge in [-0.2, -0.15) is 0 Å². The molecule has 2 aromatic rings. The molecule has 246 valence electrons. The van der Waals surface area contributed by atoms with E-state index in [9.17, 15) is 28.4 Å². The van der Waals surface area contributed by atoms with E-state index >= 15 is 0 Å². The molecule has 5 rings (SSSR count). The van der Waals surface area contributed by atoms with E-state index < -0.39 is 53.6 Å². The predicted octanol–water partition coefficient (Wildman–Crippen LogP) is 4.56. The van der Waals surface area contributed by atoms with E-state index in [1.807, 2.05) is 0 Å². The number of anilines is 1. The molecule has 13 heteroatoms. The van der Waals surface area contributed by atoms with Gasteiger partial charge in [-0.25, -0.2) is 23.7 Å². The summed E-state index contributed by atoms with van der Waals surface area (Å²) in [7, 11) is 1.50. The van der Waals surface area contributed by atoms with Gasteiger partial charge in [-0.05, 0) is 88.3 Å². The van der Waals surface area contributed by atoms with Crippen LogP contribution in [0.4, 0.5) is 24.5 Å². The second-order valence-electron chi connectivity index (χ2n) is 13.0. The van der Waals surface area contributed by atoms with Gasteiger partial charge in [0, 0.05) is 43.3 Å². The third-order valence-corrected chi connectivity index (χ3v) is 8.58. The summed E-state index contributed by atoms with van der Waals surface area (Å²) in [6, 6.07) is 10.1. The number of urea groups is 1. The fourth-order valence-corrected chi connectivity index (χ4v) is 6.36. The Bertz CT molecular complexity index is 1520. The van der Waals surface area contributed by atoms with Crippen LogP contribution in [0.5, 0.6) is 0 Å². The van der Waals surface area contributed by atoms with E-state index in [0.29, 0.717) is 48.9 Å². The van der Waals surface area contributed by atoms with Crippen LogP contribution in [0.15, 0.2) is 42.5 Å². The van der Waals surface area contributed by atoms with Crippen LogP contribution in [0.1, 0.15) is 69.6 Å². The van der Waals surface area contributed by atoms with Gasteiger partial charge in [-0.1, -0.05) is 18.2 Å². The van der Waals surface area contributed by atoms with Gasteiger partial charge in [0.2, 0.25) is 11.5 Å². The van der Waals surface area contributed by atoms with Crippen molar-refractivity contribution in [2.45, 2.75) is 89.1 Å². The molecule has 1 aliphatic heterocycles. The lowest BCUT2D eigenvalue weighted by Gasteiger charge is -2.38. The molecule has 12 nitrogen and oxygen atoms in total. The number of nitrogens with zero attached hydrogens (tertiary/aromatic N) is 2. The van der Waals surface area contributed by atoms with Crippen LogP contribution in [-0.2, 0) is 37.6 Å². The van der Waals surface area contributed by atoms with E-state index in [4.69, 9.17) is 9.47 Å². The maximum atomic E-state index is 13.9. The molecule has 1 atom stereocenters. The van der Waals surface area contributed by atoms with Crippen molar-refractivity contribution in [2.75, 3.05) is 18.9 Å². The van der Waals surface area contributed by atoms with Crippen LogP contribution in [0.25, 0.3) is 0 Å². The molecule has 2 fully saturated rings. The summed E-state index contributed by atoms with van der Waals surface area (Å²) in [6.07, 6.45) is 1.58. The molecular formula is C33H40FN5O7. The zero-order valence-electron chi connectivity index (χ0n) is 26.5. The van der Waals surface area contributed by atoms with Crippen molar-refractivity contribution < 1.29 is 37.8 Å². The standard InChI is InChI=1S/C33H40FN5O7/c1-32(2,3)45-30(43)37-23-9-12-25(13-10-23)38(18-20-5-7-22(34)8-6-20)27(40)19-39-28(41)33(46-31(39)44)16-15-21-17-24(11-14-26(21)33)36-29(42)35-4/h5-8,11,14,17,23,25H,9-10,12-13,15-16,18-19H2,1-4H3,(H,37,43)(H2,35,36,42)/t23?,25?,33-/m1/s1. The number of imide groups is 1. The normalized spacial score (nSPS) is 22.2. The van der Waals surface area contributed by atoms with E-state index in [0.717, 1.165) is 10.5 Å². The molecule has 0 aromatic heterocycles. The number of ether oxygens (including phenoxy) is 2. The van der Waals surface area contributed by atoms with Gasteiger partial charge in [0.1, 0.15) is 18.0 Å². The third-order valence-electron chi connectivity index (χ3n) is 8.58. The lowest BCUT2D eigenvalue weighted by atomic mass is 9.89. The fraction of sp³-hybridized carbons (Fsp3) is 0.485. The molecule has 3 aliphatic rings. The lowest BCUT2D eigenvalue weighted by Crippen LogP contribution is -2.50. The molecule has 46 heavy (non-hydrogen) atoms. The Morgan fingerprint density at radius 1 is 1.07 bits per heavy atom. The summed E-state index contributed by atoms with van der Waals surface area (Å²) < 4.78 is 24.7. The number of aryl methyl sites for hydroxylation is 1. The number of alkyl carbamates (subject to hydrolysis) is 1. The molecule has 1 saturated heterocycles. The molecule has 1 spiro atoms. The van der Waals surface area contributed by atoms with E-state index in [2.05, 4.69) is 16.0 Å². The van der Waals surface area contributed by atoms with Crippen molar-refractivity contribution >= 4 is 35.7 Å². The van der Waals surface area contributed by atoms with Gasteiger partial charge in [0.05, 0.1) is 0 Å². The van der Waals surface area contributed by atoms with Crippen molar-refractivity contribution in [2.24, 2.45) is 0 Å². The summed E-state index contributed by atoms with van der Waals surface area (Å²) in [5.41, 5.74) is 0.360.